The number of imide groups is 1. The Morgan fingerprint density at radius 3 is 2.43 bits per heavy atom. The minimum Gasteiger partial charge on any atom is -0.462 e. The highest BCUT2D eigenvalue weighted by Crippen LogP contribution is 2.54. The second kappa shape index (κ2) is 12.2. The molecular weight excluding hydrogens is 666 g/mol. The number of carbonyl (C=O) groups is 4. The van der Waals surface area contributed by atoms with Crippen molar-refractivity contribution in [1.29, 1.82) is 0 Å². The van der Waals surface area contributed by atoms with Gasteiger partial charge in [0.25, 0.3) is 0 Å². The van der Waals surface area contributed by atoms with Crippen molar-refractivity contribution < 1.29 is 23.9 Å². The van der Waals surface area contributed by atoms with Gasteiger partial charge < -0.3 is 10.1 Å². The number of halogens is 1. The number of rotatable bonds is 7. The van der Waals surface area contributed by atoms with Gasteiger partial charge in [-0.1, -0.05) is 69.4 Å². The topological polar surface area (TPSA) is 115 Å². The summed E-state index contributed by atoms with van der Waals surface area (Å²) in [4.78, 5) is 68.2. The number of amides is 3. The highest BCUT2D eigenvalue weighted by atomic mass is 79.9. The highest BCUT2D eigenvalue weighted by Gasteiger charge is 2.56. The Kier molecular flexibility index (Phi) is 8.32. The first-order chi connectivity index (χ1) is 21.2. The minimum atomic E-state index is -0.830. The van der Waals surface area contributed by atoms with E-state index in [0.717, 1.165) is 43.6 Å². The van der Waals surface area contributed by atoms with E-state index < -0.39 is 34.9 Å². The standard InChI is InChI=1S/C32H26BrN3O6S2/c1-3-42-31(40)18-11-13-21(14-12-18)36-28(38)25-24(19-8-6-9-20(33)15-19)27-30(43-26(25)29(36)39)35(32(41)44-27)16-23(37)34-22-10-5-4-7-17(22)2/h4-15,24-26H,3,16H2,1-2H3,(H,34,37)/t24-,25?,26?/m1/s1. The Hall–Kier alpha value is -4.00. The van der Waals surface area contributed by atoms with Gasteiger partial charge in [-0.25, -0.2) is 9.69 Å². The molecule has 0 bridgehead atoms. The van der Waals surface area contributed by atoms with Gasteiger partial charge in [0.05, 0.1) is 28.8 Å². The first-order valence-corrected chi connectivity index (χ1v) is 16.3. The van der Waals surface area contributed by atoms with Crippen molar-refractivity contribution in [3.05, 3.63) is 109 Å². The summed E-state index contributed by atoms with van der Waals surface area (Å²) in [6, 6.07) is 21.0. The molecule has 1 N–H and O–H groups in total. The highest BCUT2D eigenvalue weighted by molar-refractivity contribution is 9.10. The van der Waals surface area contributed by atoms with E-state index in [2.05, 4.69) is 21.2 Å². The maximum absolute atomic E-state index is 14.1. The van der Waals surface area contributed by atoms with Crippen LogP contribution in [0.1, 0.15) is 39.2 Å². The molecule has 3 heterocycles. The number of benzene rings is 3. The molecule has 3 amide bonds. The summed E-state index contributed by atoms with van der Waals surface area (Å²) in [5, 5.41) is 2.55. The number of hydrogen-bond donors (Lipinski definition) is 1. The predicted octanol–water partition coefficient (Wildman–Crippen LogP) is 5.59. The number of carbonyl (C=O) groups excluding carboxylic acids is 4. The number of thioether (sulfide) groups is 1. The van der Waals surface area contributed by atoms with Crippen molar-refractivity contribution in [3.63, 3.8) is 0 Å². The number of thiazole rings is 1. The summed E-state index contributed by atoms with van der Waals surface area (Å²) in [6.07, 6.45) is 0. The molecule has 4 aromatic rings. The Balaban J connectivity index is 1.38. The van der Waals surface area contributed by atoms with E-state index in [-0.39, 0.29) is 23.9 Å². The summed E-state index contributed by atoms with van der Waals surface area (Å²) in [6.45, 7) is 3.58. The number of anilines is 2. The second-order valence-corrected chi connectivity index (χ2v) is 13.4. The Morgan fingerprint density at radius 1 is 0.977 bits per heavy atom. The van der Waals surface area contributed by atoms with Crippen LogP contribution in [0.4, 0.5) is 11.4 Å². The number of hydrogen-bond acceptors (Lipinski definition) is 8. The van der Waals surface area contributed by atoms with Gasteiger partial charge in [-0.05, 0) is 67.4 Å². The van der Waals surface area contributed by atoms with Crippen LogP contribution in [0.5, 0.6) is 0 Å². The summed E-state index contributed by atoms with van der Waals surface area (Å²) in [5.41, 5.74) is 2.96. The first-order valence-electron chi connectivity index (χ1n) is 13.8. The zero-order chi connectivity index (χ0) is 31.1. The van der Waals surface area contributed by atoms with Crippen LogP contribution in [0, 0.1) is 12.8 Å². The molecule has 1 aromatic heterocycles. The number of nitrogens with zero attached hydrogens (tertiary/aromatic N) is 2. The fourth-order valence-corrected chi connectivity index (χ4v) is 8.77. The van der Waals surface area contributed by atoms with Crippen LogP contribution >= 0.6 is 39.0 Å². The monoisotopic (exact) mass is 691 g/mol. The number of aromatic nitrogens is 1. The lowest BCUT2D eigenvalue weighted by molar-refractivity contribution is -0.122. The van der Waals surface area contributed by atoms with Crippen LogP contribution in [0.15, 0.2) is 87.1 Å². The summed E-state index contributed by atoms with van der Waals surface area (Å²) < 4.78 is 7.24. The van der Waals surface area contributed by atoms with E-state index >= 15 is 0 Å². The molecule has 3 atom stereocenters. The molecule has 0 spiro atoms. The number of aryl methyl sites for hydroxylation is 1. The third-order valence-electron chi connectivity index (χ3n) is 7.61. The summed E-state index contributed by atoms with van der Waals surface area (Å²) in [5.74, 6) is -3.06. The number of nitrogens with one attached hydrogen (secondary N) is 1. The fraction of sp³-hybridized carbons (Fsp3) is 0.219. The van der Waals surface area contributed by atoms with Gasteiger partial charge in [-0.3, -0.25) is 23.7 Å². The maximum atomic E-state index is 14.1. The lowest BCUT2D eigenvalue weighted by atomic mass is 9.83. The van der Waals surface area contributed by atoms with Crippen molar-refractivity contribution in [3.8, 4) is 0 Å². The van der Waals surface area contributed by atoms with E-state index in [1.807, 2.05) is 49.4 Å². The minimum absolute atomic E-state index is 0.226. The van der Waals surface area contributed by atoms with Crippen molar-refractivity contribution in [1.82, 2.24) is 4.57 Å². The predicted molar refractivity (Wildman–Crippen MR) is 172 cm³/mol. The zero-order valence-electron chi connectivity index (χ0n) is 23.6. The molecule has 6 rings (SSSR count). The Labute approximate surface area is 269 Å². The molecule has 0 saturated carbocycles. The normalized spacial score (nSPS) is 19.0. The molecule has 44 heavy (non-hydrogen) atoms. The molecule has 9 nitrogen and oxygen atoms in total. The molecule has 1 fully saturated rings. The molecule has 0 radical (unpaired) electrons. The third-order valence-corrected chi connectivity index (χ3v) is 10.7. The van der Waals surface area contributed by atoms with Gasteiger partial charge >= 0.3 is 10.8 Å². The van der Waals surface area contributed by atoms with Gasteiger partial charge in [0.1, 0.15) is 11.8 Å². The molecule has 3 aromatic carbocycles. The molecular formula is C32H26BrN3O6S2. The van der Waals surface area contributed by atoms with Crippen molar-refractivity contribution in [2.75, 3.05) is 16.8 Å². The zero-order valence-corrected chi connectivity index (χ0v) is 26.8. The van der Waals surface area contributed by atoms with Crippen molar-refractivity contribution >= 4 is 74.1 Å². The molecule has 2 unspecified atom stereocenters. The second-order valence-electron chi connectivity index (χ2n) is 10.4. The molecule has 1 saturated heterocycles. The van der Waals surface area contributed by atoms with E-state index in [1.165, 1.54) is 16.7 Å². The summed E-state index contributed by atoms with van der Waals surface area (Å²) >= 11 is 5.66. The van der Waals surface area contributed by atoms with Gasteiger partial charge in [0, 0.05) is 21.0 Å². The van der Waals surface area contributed by atoms with Crippen LogP contribution in [-0.2, 0) is 25.7 Å². The number of esters is 1. The van der Waals surface area contributed by atoms with Crippen molar-refractivity contribution in [2.24, 2.45) is 5.92 Å². The van der Waals surface area contributed by atoms with E-state index in [9.17, 15) is 24.0 Å². The quantitative estimate of drug-likeness (QED) is 0.198. The third kappa shape index (κ3) is 5.42. The summed E-state index contributed by atoms with van der Waals surface area (Å²) in [7, 11) is 0. The van der Waals surface area contributed by atoms with Crippen LogP contribution in [0.3, 0.4) is 0 Å². The Morgan fingerprint density at radius 2 is 1.73 bits per heavy atom. The van der Waals surface area contributed by atoms with Gasteiger partial charge in [-0.2, -0.15) is 0 Å². The number of para-hydroxylation sites is 1. The number of fused-ring (bicyclic) bond motifs is 2. The SMILES string of the molecule is CCOC(=O)c1ccc(N2C(=O)C3Sc4c(sc(=O)n4CC(=O)Nc4ccccc4C)[C@H](c4cccc(Br)c4)C3C2=O)cc1. The average Bonchev–Trinajstić information content (AvgIpc) is 3.44. The van der Waals surface area contributed by atoms with Crippen LogP contribution in [0.2, 0.25) is 0 Å². The maximum Gasteiger partial charge on any atom is 0.338 e. The van der Waals surface area contributed by atoms with Gasteiger partial charge in [0.15, 0.2) is 0 Å². The van der Waals surface area contributed by atoms with Gasteiger partial charge in [-0.15, -0.1) is 0 Å². The average molecular weight is 693 g/mol. The molecule has 2 aliphatic rings. The molecule has 12 heteroatoms. The van der Waals surface area contributed by atoms with E-state index in [0.29, 0.717) is 26.8 Å². The number of ether oxygens (including phenoxy) is 1. The molecule has 0 aliphatic carbocycles. The Bertz CT molecular complexity index is 1870. The van der Waals surface area contributed by atoms with Crippen LogP contribution in [-0.4, -0.2) is 40.1 Å². The smallest absolute Gasteiger partial charge is 0.338 e. The molecule has 224 valence electrons. The van der Waals surface area contributed by atoms with Crippen molar-refractivity contribution in [2.45, 2.75) is 36.6 Å². The largest absolute Gasteiger partial charge is 0.462 e. The molecule has 2 aliphatic heterocycles. The van der Waals surface area contributed by atoms with Gasteiger partial charge in [0.2, 0.25) is 17.7 Å². The lowest BCUT2D eigenvalue weighted by Crippen LogP contribution is -2.33. The van der Waals surface area contributed by atoms with E-state index in [1.54, 1.807) is 25.1 Å². The first kappa shape index (κ1) is 30.0. The van der Waals surface area contributed by atoms with E-state index in [4.69, 9.17) is 4.74 Å². The van der Waals surface area contributed by atoms with Crippen LogP contribution < -0.4 is 15.1 Å². The lowest BCUT2D eigenvalue weighted by Gasteiger charge is -2.30. The fourth-order valence-electron chi connectivity index (χ4n) is 5.58. The van der Waals surface area contributed by atoms with Crippen LogP contribution in [0.25, 0.3) is 0 Å².